The zero-order valence-electron chi connectivity index (χ0n) is 27.1. The standard InChI is InChI=1S/C36H72O3/c1-3-5-7-8-9-10-11-12-13-14-15-16-17-18-19-20-21-22-23-24-25-26-27-28-29-30-31-33-35-39-36(37)38-34-32-6-4-2/h3-35H2,1-2H3. The van der Waals surface area contributed by atoms with Crippen molar-refractivity contribution in [2.45, 2.75) is 213 Å². The van der Waals surface area contributed by atoms with Gasteiger partial charge in [0.2, 0.25) is 0 Å². The number of hydrogen-bond donors (Lipinski definition) is 0. The molecule has 0 radical (unpaired) electrons. The topological polar surface area (TPSA) is 35.5 Å². The van der Waals surface area contributed by atoms with E-state index in [0.717, 1.165) is 32.1 Å². The van der Waals surface area contributed by atoms with E-state index in [1.165, 1.54) is 167 Å². The highest BCUT2D eigenvalue weighted by atomic mass is 16.7. The molecular weight excluding hydrogens is 480 g/mol. The SMILES string of the molecule is CCCCCCCCCCCCCCCCCCCCCCCCCCCCCCOC(=O)OCCCCC. The molecule has 0 aliphatic heterocycles. The number of carbonyl (C=O) groups is 1. The highest BCUT2D eigenvalue weighted by Gasteiger charge is 2.03. The van der Waals surface area contributed by atoms with Crippen molar-refractivity contribution in [2.75, 3.05) is 13.2 Å². The molecule has 39 heavy (non-hydrogen) atoms. The molecule has 0 rings (SSSR count). The van der Waals surface area contributed by atoms with Crippen LogP contribution in [0.3, 0.4) is 0 Å². The molecule has 0 aliphatic rings. The predicted molar refractivity (Wildman–Crippen MR) is 172 cm³/mol. The molecule has 0 unspecified atom stereocenters. The maximum absolute atomic E-state index is 11.4. The van der Waals surface area contributed by atoms with Crippen LogP contribution in [-0.2, 0) is 9.47 Å². The fraction of sp³-hybridized carbons (Fsp3) is 0.972. The fourth-order valence-electron chi connectivity index (χ4n) is 5.48. The van der Waals surface area contributed by atoms with Crippen LogP contribution in [0.1, 0.15) is 213 Å². The summed E-state index contributed by atoms with van der Waals surface area (Å²) in [6.07, 6.45) is 42.1. The molecule has 3 nitrogen and oxygen atoms in total. The minimum Gasteiger partial charge on any atom is -0.434 e. The largest absolute Gasteiger partial charge is 0.508 e. The Hall–Kier alpha value is -0.730. The van der Waals surface area contributed by atoms with E-state index < -0.39 is 6.16 Å². The Morgan fingerprint density at radius 3 is 0.744 bits per heavy atom. The first-order valence-electron chi connectivity index (χ1n) is 18.1. The fourth-order valence-corrected chi connectivity index (χ4v) is 5.48. The Labute approximate surface area is 246 Å². The van der Waals surface area contributed by atoms with Gasteiger partial charge in [0, 0.05) is 0 Å². The molecule has 0 aromatic carbocycles. The Morgan fingerprint density at radius 2 is 0.487 bits per heavy atom. The lowest BCUT2D eigenvalue weighted by atomic mass is 10.0. The van der Waals surface area contributed by atoms with E-state index in [1.54, 1.807) is 0 Å². The predicted octanol–water partition coefficient (Wildman–Crippen LogP) is 13.3. The van der Waals surface area contributed by atoms with Crippen molar-refractivity contribution in [1.29, 1.82) is 0 Å². The Kier molecular flexibility index (Phi) is 34.6. The first-order chi connectivity index (χ1) is 19.3. The van der Waals surface area contributed by atoms with E-state index in [2.05, 4.69) is 13.8 Å². The van der Waals surface area contributed by atoms with Crippen LogP contribution in [0.25, 0.3) is 0 Å². The quantitative estimate of drug-likeness (QED) is 0.0600. The smallest absolute Gasteiger partial charge is 0.434 e. The zero-order valence-corrected chi connectivity index (χ0v) is 27.1. The van der Waals surface area contributed by atoms with Crippen LogP contribution in [0.15, 0.2) is 0 Å². The number of carbonyl (C=O) groups excluding carboxylic acids is 1. The van der Waals surface area contributed by atoms with Gasteiger partial charge in [-0.25, -0.2) is 4.79 Å². The molecular formula is C36H72O3. The molecule has 0 aromatic heterocycles. The first-order valence-corrected chi connectivity index (χ1v) is 18.1. The van der Waals surface area contributed by atoms with Crippen LogP contribution in [0.5, 0.6) is 0 Å². The van der Waals surface area contributed by atoms with E-state index in [-0.39, 0.29) is 0 Å². The number of ether oxygens (including phenoxy) is 2. The maximum Gasteiger partial charge on any atom is 0.508 e. The van der Waals surface area contributed by atoms with Gasteiger partial charge in [-0.2, -0.15) is 0 Å². The lowest BCUT2D eigenvalue weighted by Crippen LogP contribution is -2.09. The molecule has 0 atom stereocenters. The second-order valence-corrected chi connectivity index (χ2v) is 12.2. The van der Waals surface area contributed by atoms with Gasteiger partial charge in [-0.05, 0) is 12.8 Å². The van der Waals surface area contributed by atoms with Gasteiger partial charge in [-0.1, -0.05) is 200 Å². The van der Waals surface area contributed by atoms with E-state index in [9.17, 15) is 4.79 Å². The number of hydrogen-bond acceptors (Lipinski definition) is 3. The van der Waals surface area contributed by atoms with Gasteiger partial charge >= 0.3 is 6.16 Å². The van der Waals surface area contributed by atoms with Crippen LogP contribution >= 0.6 is 0 Å². The van der Waals surface area contributed by atoms with Crippen molar-refractivity contribution < 1.29 is 14.3 Å². The molecule has 234 valence electrons. The second-order valence-electron chi connectivity index (χ2n) is 12.2. The van der Waals surface area contributed by atoms with Crippen LogP contribution in [0, 0.1) is 0 Å². The van der Waals surface area contributed by atoms with Crippen LogP contribution < -0.4 is 0 Å². The van der Waals surface area contributed by atoms with E-state index in [0.29, 0.717) is 13.2 Å². The number of unbranched alkanes of at least 4 members (excludes halogenated alkanes) is 29. The van der Waals surface area contributed by atoms with Gasteiger partial charge in [-0.3, -0.25) is 0 Å². The first kappa shape index (κ1) is 38.3. The molecule has 0 spiro atoms. The van der Waals surface area contributed by atoms with E-state index in [4.69, 9.17) is 9.47 Å². The summed E-state index contributed by atoms with van der Waals surface area (Å²) in [6.45, 7) is 5.44. The van der Waals surface area contributed by atoms with E-state index in [1.807, 2.05) is 0 Å². The third-order valence-electron chi connectivity index (χ3n) is 8.19. The molecule has 0 aliphatic carbocycles. The van der Waals surface area contributed by atoms with Crippen LogP contribution in [0.4, 0.5) is 4.79 Å². The van der Waals surface area contributed by atoms with Gasteiger partial charge in [0.15, 0.2) is 0 Å². The average Bonchev–Trinajstić information content (AvgIpc) is 2.94. The molecule has 0 fully saturated rings. The average molecular weight is 553 g/mol. The van der Waals surface area contributed by atoms with Crippen molar-refractivity contribution in [3.05, 3.63) is 0 Å². The second kappa shape index (κ2) is 35.3. The minimum atomic E-state index is -0.490. The maximum atomic E-state index is 11.4. The third kappa shape index (κ3) is 35.2. The summed E-state index contributed by atoms with van der Waals surface area (Å²) in [6, 6.07) is 0. The molecule has 0 aromatic rings. The summed E-state index contributed by atoms with van der Waals surface area (Å²) in [7, 11) is 0. The lowest BCUT2D eigenvalue weighted by Gasteiger charge is -2.06. The van der Waals surface area contributed by atoms with Crippen molar-refractivity contribution in [1.82, 2.24) is 0 Å². The van der Waals surface area contributed by atoms with Crippen LogP contribution in [-0.4, -0.2) is 19.4 Å². The van der Waals surface area contributed by atoms with Gasteiger partial charge < -0.3 is 9.47 Å². The summed E-state index contributed by atoms with van der Waals surface area (Å²) in [4.78, 5) is 11.4. The Balaban J connectivity index is 3.07. The Morgan fingerprint density at radius 1 is 0.308 bits per heavy atom. The molecule has 0 N–H and O–H groups in total. The molecule has 0 bridgehead atoms. The zero-order chi connectivity index (χ0) is 28.3. The van der Waals surface area contributed by atoms with E-state index >= 15 is 0 Å². The molecule has 0 amide bonds. The van der Waals surface area contributed by atoms with Gasteiger partial charge in [-0.15, -0.1) is 0 Å². The Bertz CT molecular complexity index is 451. The normalized spacial score (nSPS) is 11.2. The number of rotatable bonds is 33. The van der Waals surface area contributed by atoms with Gasteiger partial charge in [0.25, 0.3) is 0 Å². The van der Waals surface area contributed by atoms with Gasteiger partial charge in [0.1, 0.15) is 0 Å². The monoisotopic (exact) mass is 553 g/mol. The summed E-state index contributed by atoms with van der Waals surface area (Å²) in [5.74, 6) is 0. The summed E-state index contributed by atoms with van der Waals surface area (Å²) in [5, 5.41) is 0. The third-order valence-corrected chi connectivity index (χ3v) is 8.19. The lowest BCUT2D eigenvalue weighted by molar-refractivity contribution is 0.0529. The van der Waals surface area contributed by atoms with Crippen molar-refractivity contribution in [3.63, 3.8) is 0 Å². The van der Waals surface area contributed by atoms with Crippen molar-refractivity contribution in [2.24, 2.45) is 0 Å². The van der Waals surface area contributed by atoms with Crippen molar-refractivity contribution in [3.8, 4) is 0 Å². The highest BCUT2D eigenvalue weighted by molar-refractivity contribution is 5.59. The highest BCUT2D eigenvalue weighted by Crippen LogP contribution is 2.16. The minimum absolute atomic E-state index is 0.490. The summed E-state index contributed by atoms with van der Waals surface area (Å²) < 4.78 is 10.2. The summed E-state index contributed by atoms with van der Waals surface area (Å²) >= 11 is 0. The van der Waals surface area contributed by atoms with Gasteiger partial charge in [0.05, 0.1) is 13.2 Å². The van der Waals surface area contributed by atoms with Crippen LogP contribution in [0.2, 0.25) is 0 Å². The molecule has 0 heterocycles. The molecule has 0 saturated carbocycles. The molecule has 0 saturated heterocycles. The van der Waals surface area contributed by atoms with Crippen molar-refractivity contribution >= 4 is 6.16 Å². The molecule has 3 heteroatoms. The summed E-state index contributed by atoms with van der Waals surface area (Å²) in [5.41, 5.74) is 0.